The molecule has 1 aliphatic carbocycles. The van der Waals surface area contributed by atoms with Gasteiger partial charge in [0, 0.05) is 18.3 Å². The van der Waals surface area contributed by atoms with E-state index >= 15 is 0 Å². The second-order valence-corrected chi connectivity index (χ2v) is 9.57. The summed E-state index contributed by atoms with van der Waals surface area (Å²) in [4.78, 5) is 24.9. The van der Waals surface area contributed by atoms with E-state index < -0.39 is 18.2 Å². The van der Waals surface area contributed by atoms with Gasteiger partial charge in [-0.15, -0.1) is 0 Å². The van der Waals surface area contributed by atoms with Crippen molar-refractivity contribution >= 4 is 11.9 Å². The maximum atomic E-state index is 13.0. The van der Waals surface area contributed by atoms with Crippen LogP contribution in [0.4, 0.5) is 0 Å². The molecule has 0 unspecified atom stereocenters. The van der Waals surface area contributed by atoms with E-state index in [1.165, 1.54) is 5.56 Å². The lowest BCUT2D eigenvalue weighted by molar-refractivity contribution is -0.141. The molecule has 3 aromatic carbocycles. The minimum Gasteiger partial charge on any atom is -0.462 e. The maximum absolute atomic E-state index is 13.0. The highest BCUT2D eigenvalue weighted by molar-refractivity contribution is 5.90. The van der Waals surface area contributed by atoms with Crippen molar-refractivity contribution in [2.75, 3.05) is 0 Å². The Bertz CT molecular complexity index is 1200. The highest BCUT2D eigenvalue weighted by Gasteiger charge is 2.50. The Balaban J connectivity index is 1.24. The van der Waals surface area contributed by atoms with Crippen LogP contribution in [0.25, 0.3) is 11.1 Å². The van der Waals surface area contributed by atoms with Crippen LogP contribution in [0.3, 0.4) is 0 Å². The van der Waals surface area contributed by atoms with Crippen molar-refractivity contribution in [2.45, 2.75) is 44.0 Å². The molecule has 2 fully saturated rings. The molecule has 0 radical (unpaired) electrons. The minimum atomic E-state index is -0.621. The van der Waals surface area contributed by atoms with E-state index in [4.69, 9.17) is 9.47 Å². The summed E-state index contributed by atoms with van der Waals surface area (Å²) in [6, 6.07) is 27.4. The van der Waals surface area contributed by atoms with Gasteiger partial charge in [0.15, 0.2) is 0 Å². The van der Waals surface area contributed by atoms with Crippen LogP contribution in [0.5, 0.6) is 0 Å². The van der Waals surface area contributed by atoms with E-state index in [-0.39, 0.29) is 23.9 Å². The van der Waals surface area contributed by atoms with Crippen LogP contribution < -0.4 is 0 Å². The molecule has 0 amide bonds. The number of fused-ring (bicyclic) bond motifs is 1. The average molecular weight is 483 g/mol. The second-order valence-electron chi connectivity index (χ2n) is 9.57. The van der Waals surface area contributed by atoms with Gasteiger partial charge in [-0.25, -0.2) is 4.79 Å². The van der Waals surface area contributed by atoms with Crippen LogP contribution >= 0.6 is 0 Å². The molecule has 3 aromatic rings. The second kappa shape index (κ2) is 10.9. The van der Waals surface area contributed by atoms with Gasteiger partial charge in [-0.2, -0.15) is 0 Å². The predicted molar refractivity (Wildman–Crippen MR) is 137 cm³/mol. The lowest BCUT2D eigenvalue weighted by atomic mass is 9.91. The van der Waals surface area contributed by atoms with E-state index in [2.05, 4.69) is 0 Å². The molecule has 5 nitrogen and oxygen atoms in total. The smallest absolute Gasteiger partial charge is 0.338 e. The number of benzene rings is 3. The molecule has 1 N–H and O–H groups in total. The largest absolute Gasteiger partial charge is 0.462 e. The molecule has 5 rings (SSSR count). The van der Waals surface area contributed by atoms with E-state index in [9.17, 15) is 14.7 Å². The summed E-state index contributed by atoms with van der Waals surface area (Å²) in [7, 11) is 0. The van der Waals surface area contributed by atoms with Crippen molar-refractivity contribution in [1.82, 2.24) is 0 Å². The molecular weight excluding hydrogens is 452 g/mol. The topological polar surface area (TPSA) is 72.8 Å². The first-order valence-electron chi connectivity index (χ1n) is 12.5. The zero-order valence-electron chi connectivity index (χ0n) is 20.0. The molecule has 5 heteroatoms. The summed E-state index contributed by atoms with van der Waals surface area (Å²) in [5.74, 6) is -0.836. The van der Waals surface area contributed by atoms with Crippen molar-refractivity contribution in [1.29, 1.82) is 0 Å². The number of rotatable bonds is 8. The van der Waals surface area contributed by atoms with Crippen LogP contribution in [0.2, 0.25) is 0 Å². The van der Waals surface area contributed by atoms with E-state index in [0.29, 0.717) is 24.8 Å². The molecule has 184 valence electrons. The Kier molecular flexibility index (Phi) is 7.28. The fourth-order valence-electron chi connectivity index (χ4n) is 5.24. The highest BCUT2D eigenvalue weighted by atomic mass is 16.6. The first-order valence-corrected chi connectivity index (χ1v) is 12.5. The third-order valence-corrected chi connectivity index (χ3v) is 7.16. The molecule has 5 atom stereocenters. The zero-order chi connectivity index (χ0) is 24.9. The van der Waals surface area contributed by atoms with Gasteiger partial charge in [-0.05, 0) is 41.7 Å². The highest BCUT2D eigenvalue weighted by Crippen LogP contribution is 2.43. The van der Waals surface area contributed by atoms with Crippen LogP contribution in [-0.4, -0.2) is 35.4 Å². The third-order valence-electron chi connectivity index (χ3n) is 7.16. The Morgan fingerprint density at radius 2 is 1.64 bits per heavy atom. The van der Waals surface area contributed by atoms with Crippen molar-refractivity contribution in [2.24, 2.45) is 11.8 Å². The van der Waals surface area contributed by atoms with Gasteiger partial charge < -0.3 is 14.6 Å². The van der Waals surface area contributed by atoms with Crippen molar-refractivity contribution in [3.63, 3.8) is 0 Å². The fourth-order valence-corrected chi connectivity index (χ4v) is 5.24. The van der Waals surface area contributed by atoms with E-state index in [0.717, 1.165) is 17.5 Å². The number of hydrogen-bond donors (Lipinski definition) is 1. The molecule has 1 saturated carbocycles. The predicted octanol–water partition coefficient (Wildman–Crippen LogP) is 5.38. The fraction of sp³-hybridized carbons (Fsp3) is 0.290. The standard InChI is InChI=1S/C31H30O5/c32-25(16-11-21-7-3-1-4-8-21)17-18-26-27-19-30(33)35-29(27)20-28(26)36-31(34)24-14-12-23(13-15-24)22-9-5-2-6-10-22/h1-10,12-15,17-18,25-29,32H,11,16,19-20H2/b18-17+/t25-,26-,27+,28-,29-/m0/s1. The number of aliphatic hydroxyl groups excluding tert-OH is 1. The Morgan fingerprint density at radius 1 is 0.972 bits per heavy atom. The van der Waals surface area contributed by atoms with Gasteiger partial charge >= 0.3 is 11.9 Å². The Morgan fingerprint density at radius 3 is 2.36 bits per heavy atom. The molecule has 1 aliphatic heterocycles. The summed E-state index contributed by atoms with van der Waals surface area (Å²) < 4.78 is 11.4. The Labute approximate surface area is 211 Å². The summed E-state index contributed by atoms with van der Waals surface area (Å²) >= 11 is 0. The number of ether oxygens (including phenoxy) is 2. The number of carbonyl (C=O) groups is 2. The number of carbonyl (C=O) groups excluding carboxylic acids is 2. The van der Waals surface area contributed by atoms with Gasteiger partial charge in [-0.3, -0.25) is 4.79 Å². The summed E-state index contributed by atoms with van der Waals surface area (Å²) in [5.41, 5.74) is 3.76. The summed E-state index contributed by atoms with van der Waals surface area (Å²) in [5, 5.41) is 10.5. The monoisotopic (exact) mass is 482 g/mol. The molecule has 36 heavy (non-hydrogen) atoms. The maximum Gasteiger partial charge on any atom is 0.338 e. The number of hydrogen-bond acceptors (Lipinski definition) is 5. The first kappa shape index (κ1) is 24.0. The van der Waals surface area contributed by atoms with Crippen molar-refractivity contribution < 1.29 is 24.2 Å². The molecule has 0 bridgehead atoms. The van der Waals surface area contributed by atoms with Gasteiger partial charge in [0.2, 0.25) is 0 Å². The normalized spacial score (nSPS) is 23.9. The van der Waals surface area contributed by atoms with Crippen LogP contribution in [0.1, 0.15) is 35.2 Å². The Hall–Kier alpha value is -3.70. The van der Waals surface area contributed by atoms with Gasteiger partial charge in [0.25, 0.3) is 0 Å². The SMILES string of the molecule is O=C1C[C@@H]2[C@H](/C=C/[C@@H](O)CCc3ccccc3)[C@@H](OC(=O)c3ccc(-c4ccccc4)cc3)C[C@@H]2O1. The average Bonchev–Trinajstić information content (AvgIpc) is 3.42. The first-order chi connectivity index (χ1) is 17.6. The minimum absolute atomic E-state index is 0.0478. The van der Waals surface area contributed by atoms with Gasteiger partial charge in [-0.1, -0.05) is 84.9 Å². The quantitative estimate of drug-likeness (QED) is 0.345. The number of aryl methyl sites for hydroxylation is 1. The van der Waals surface area contributed by atoms with Crippen molar-refractivity contribution in [3.8, 4) is 11.1 Å². The molecule has 0 aromatic heterocycles. The van der Waals surface area contributed by atoms with E-state index in [1.807, 2.05) is 78.9 Å². The molecule has 2 aliphatic rings. The molecule has 1 saturated heterocycles. The molecule has 0 spiro atoms. The summed E-state index contributed by atoms with van der Waals surface area (Å²) in [6.45, 7) is 0. The lowest BCUT2D eigenvalue weighted by Crippen LogP contribution is -2.25. The summed E-state index contributed by atoms with van der Waals surface area (Å²) in [6.07, 6.45) is 4.53. The molecule has 1 heterocycles. The number of aliphatic hydroxyl groups is 1. The van der Waals surface area contributed by atoms with Crippen LogP contribution in [0, 0.1) is 11.8 Å². The van der Waals surface area contributed by atoms with Crippen LogP contribution in [0.15, 0.2) is 97.1 Å². The lowest BCUT2D eigenvalue weighted by Gasteiger charge is -2.20. The molecular formula is C31H30O5. The third kappa shape index (κ3) is 5.58. The van der Waals surface area contributed by atoms with Crippen LogP contribution in [-0.2, 0) is 20.7 Å². The van der Waals surface area contributed by atoms with E-state index in [1.54, 1.807) is 18.2 Å². The van der Waals surface area contributed by atoms with Crippen molar-refractivity contribution in [3.05, 3.63) is 108 Å². The zero-order valence-corrected chi connectivity index (χ0v) is 20.0. The van der Waals surface area contributed by atoms with Gasteiger partial charge in [0.1, 0.15) is 12.2 Å². The van der Waals surface area contributed by atoms with Gasteiger partial charge in [0.05, 0.1) is 18.1 Å². The number of esters is 2.